The normalized spacial score (nSPS) is 10.4. The maximum atomic E-state index is 6.15. The van der Waals surface area contributed by atoms with Crippen LogP contribution in [0, 0.1) is 0 Å². The minimum atomic E-state index is 0.597. The van der Waals surface area contributed by atoms with E-state index in [1.165, 1.54) is 0 Å². The van der Waals surface area contributed by atoms with E-state index < -0.39 is 0 Å². The molecule has 2 rings (SSSR count). The van der Waals surface area contributed by atoms with Crippen molar-refractivity contribution in [2.75, 3.05) is 18.5 Å². The Morgan fingerprint density at radius 1 is 0.909 bits per heavy atom. The number of hydrogen-bond acceptors (Lipinski definition) is 3. The average Bonchev–Trinajstić information content (AvgIpc) is 2.49. The van der Waals surface area contributed by atoms with Gasteiger partial charge in [0.2, 0.25) is 0 Å². The minimum absolute atomic E-state index is 0.597. The summed E-state index contributed by atoms with van der Waals surface area (Å²) in [5, 5.41) is 4.51. The lowest BCUT2D eigenvalue weighted by Gasteiger charge is -2.13. The Morgan fingerprint density at radius 2 is 1.64 bits per heavy atom. The highest BCUT2D eigenvalue weighted by molar-refractivity contribution is 6.36. The van der Waals surface area contributed by atoms with E-state index in [9.17, 15) is 0 Å². The first-order valence-corrected chi connectivity index (χ1v) is 7.97. The molecule has 0 aliphatic heterocycles. The molecule has 0 aliphatic rings. The van der Waals surface area contributed by atoms with Gasteiger partial charge in [0.1, 0.15) is 0 Å². The summed E-state index contributed by atoms with van der Waals surface area (Å²) in [6.45, 7) is 5.74. The van der Waals surface area contributed by atoms with Gasteiger partial charge in [0.15, 0.2) is 11.5 Å². The van der Waals surface area contributed by atoms with Gasteiger partial charge in [-0.15, -0.1) is 0 Å². The van der Waals surface area contributed by atoms with Gasteiger partial charge >= 0.3 is 0 Å². The van der Waals surface area contributed by atoms with E-state index in [0.717, 1.165) is 22.7 Å². The molecule has 118 valence electrons. The molecule has 0 atom stereocenters. The van der Waals surface area contributed by atoms with Crippen LogP contribution in [0.4, 0.5) is 5.69 Å². The van der Waals surface area contributed by atoms with Crippen LogP contribution in [0.25, 0.3) is 0 Å². The van der Waals surface area contributed by atoms with Gasteiger partial charge in [-0.25, -0.2) is 0 Å². The molecule has 0 amide bonds. The molecule has 0 aromatic heterocycles. The van der Waals surface area contributed by atoms with Crippen molar-refractivity contribution in [1.29, 1.82) is 0 Å². The van der Waals surface area contributed by atoms with E-state index in [1.54, 1.807) is 12.1 Å². The molecule has 0 unspecified atom stereocenters. The lowest BCUT2D eigenvalue weighted by Crippen LogP contribution is -2.03. The van der Waals surface area contributed by atoms with E-state index in [-0.39, 0.29) is 0 Å². The Hall–Kier alpha value is -1.58. The largest absolute Gasteiger partial charge is 0.490 e. The summed E-state index contributed by atoms with van der Waals surface area (Å²) in [6.07, 6.45) is 0. The second-order valence-corrected chi connectivity index (χ2v) is 5.47. The second-order valence-electron chi connectivity index (χ2n) is 4.62. The smallest absolute Gasteiger partial charge is 0.161 e. The van der Waals surface area contributed by atoms with Crippen molar-refractivity contribution in [1.82, 2.24) is 0 Å². The van der Waals surface area contributed by atoms with E-state index in [4.69, 9.17) is 32.7 Å². The third kappa shape index (κ3) is 4.46. The third-order valence-electron chi connectivity index (χ3n) is 3.02. The Bertz CT molecular complexity index is 632. The molecule has 0 aliphatic carbocycles. The molecule has 0 radical (unpaired) electrons. The van der Waals surface area contributed by atoms with Crippen molar-refractivity contribution in [3.05, 3.63) is 52.0 Å². The molecule has 0 saturated carbocycles. The molecule has 1 N–H and O–H groups in total. The van der Waals surface area contributed by atoms with Crippen molar-refractivity contribution in [2.24, 2.45) is 0 Å². The Morgan fingerprint density at radius 3 is 2.32 bits per heavy atom. The number of anilines is 1. The Kier molecular flexibility index (Phi) is 6.22. The summed E-state index contributed by atoms with van der Waals surface area (Å²) in [5.41, 5.74) is 1.93. The van der Waals surface area contributed by atoms with E-state index in [0.29, 0.717) is 29.8 Å². The molecule has 0 fully saturated rings. The summed E-state index contributed by atoms with van der Waals surface area (Å²) in [6, 6.07) is 11.3. The molecule has 0 heterocycles. The van der Waals surface area contributed by atoms with Crippen LogP contribution in [-0.2, 0) is 6.54 Å². The molecule has 2 aromatic carbocycles. The van der Waals surface area contributed by atoms with Gasteiger partial charge < -0.3 is 14.8 Å². The highest BCUT2D eigenvalue weighted by Crippen LogP contribution is 2.30. The van der Waals surface area contributed by atoms with Crippen LogP contribution in [0.15, 0.2) is 36.4 Å². The van der Waals surface area contributed by atoms with Crippen LogP contribution >= 0.6 is 23.2 Å². The highest BCUT2D eigenvalue weighted by atomic mass is 35.5. The maximum absolute atomic E-state index is 6.15. The number of rotatable bonds is 7. The number of halogens is 2. The predicted molar refractivity (Wildman–Crippen MR) is 92.6 cm³/mol. The number of hydrogen-bond donors (Lipinski definition) is 1. The molecule has 22 heavy (non-hydrogen) atoms. The Balaban J connectivity index is 2.10. The lowest BCUT2D eigenvalue weighted by atomic mass is 10.2. The first kappa shape index (κ1) is 16.8. The van der Waals surface area contributed by atoms with Gasteiger partial charge in [-0.1, -0.05) is 29.3 Å². The minimum Gasteiger partial charge on any atom is -0.490 e. The van der Waals surface area contributed by atoms with Crippen LogP contribution in [0.2, 0.25) is 10.0 Å². The average molecular weight is 340 g/mol. The van der Waals surface area contributed by atoms with E-state index in [2.05, 4.69) is 5.32 Å². The lowest BCUT2D eigenvalue weighted by molar-refractivity contribution is 0.287. The zero-order valence-electron chi connectivity index (χ0n) is 12.7. The van der Waals surface area contributed by atoms with E-state index in [1.807, 2.05) is 38.1 Å². The van der Waals surface area contributed by atoms with Gasteiger partial charge in [-0.3, -0.25) is 0 Å². The molecule has 2 aromatic rings. The summed E-state index contributed by atoms with van der Waals surface area (Å²) in [7, 11) is 0. The summed E-state index contributed by atoms with van der Waals surface area (Å²) >= 11 is 12.0. The van der Waals surface area contributed by atoms with Gasteiger partial charge in [0.05, 0.1) is 23.9 Å². The SMILES string of the molecule is CCOc1ccc(CNc2ccc(Cl)cc2Cl)cc1OCC. The first-order valence-electron chi connectivity index (χ1n) is 7.21. The first-order chi connectivity index (χ1) is 10.6. The summed E-state index contributed by atoms with van der Waals surface area (Å²) in [5.74, 6) is 1.52. The number of benzene rings is 2. The standard InChI is InChI=1S/C17H19Cl2NO2/c1-3-21-16-8-5-12(9-17(16)22-4-2)11-20-15-7-6-13(18)10-14(15)19/h5-10,20H,3-4,11H2,1-2H3. The molecule has 0 spiro atoms. The van der Waals surface area contributed by atoms with E-state index >= 15 is 0 Å². The fourth-order valence-corrected chi connectivity index (χ4v) is 2.51. The van der Waals surface area contributed by atoms with Gasteiger partial charge in [-0.2, -0.15) is 0 Å². The third-order valence-corrected chi connectivity index (χ3v) is 3.57. The second kappa shape index (κ2) is 8.16. The molecular weight excluding hydrogens is 321 g/mol. The molecule has 3 nitrogen and oxygen atoms in total. The topological polar surface area (TPSA) is 30.5 Å². The van der Waals surface area contributed by atoms with Crippen LogP contribution in [0.1, 0.15) is 19.4 Å². The van der Waals surface area contributed by atoms with Crippen LogP contribution in [0.5, 0.6) is 11.5 Å². The van der Waals surface area contributed by atoms with Crippen LogP contribution < -0.4 is 14.8 Å². The quantitative estimate of drug-likeness (QED) is 0.732. The highest BCUT2D eigenvalue weighted by Gasteiger charge is 2.07. The fourth-order valence-electron chi connectivity index (χ4n) is 2.04. The monoisotopic (exact) mass is 339 g/mol. The van der Waals surface area contributed by atoms with Crippen molar-refractivity contribution in [3.8, 4) is 11.5 Å². The van der Waals surface area contributed by atoms with Crippen LogP contribution in [-0.4, -0.2) is 13.2 Å². The van der Waals surface area contributed by atoms with Crippen molar-refractivity contribution < 1.29 is 9.47 Å². The fraction of sp³-hybridized carbons (Fsp3) is 0.294. The van der Waals surface area contributed by atoms with Crippen molar-refractivity contribution in [3.63, 3.8) is 0 Å². The maximum Gasteiger partial charge on any atom is 0.161 e. The molecular formula is C17H19Cl2NO2. The molecule has 0 saturated heterocycles. The number of nitrogens with one attached hydrogen (secondary N) is 1. The van der Waals surface area contributed by atoms with Crippen molar-refractivity contribution in [2.45, 2.75) is 20.4 Å². The molecule has 0 bridgehead atoms. The van der Waals surface area contributed by atoms with Gasteiger partial charge in [0, 0.05) is 11.6 Å². The zero-order chi connectivity index (χ0) is 15.9. The predicted octanol–water partition coefficient (Wildman–Crippen LogP) is 5.40. The Labute approximate surface area is 141 Å². The van der Waals surface area contributed by atoms with Crippen LogP contribution in [0.3, 0.4) is 0 Å². The molecule has 5 heteroatoms. The summed E-state index contributed by atoms with van der Waals surface area (Å²) < 4.78 is 11.2. The number of ether oxygens (including phenoxy) is 2. The summed E-state index contributed by atoms with van der Waals surface area (Å²) in [4.78, 5) is 0. The zero-order valence-corrected chi connectivity index (χ0v) is 14.2. The van der Waals surface area contributed by atoms with Crippen molar-refractivity contribution >= 4 is 28.9 Å². The van der Waals surface area contributed by atoms with Gasteiger partial charge in [0.25, 0.3) is 0 Å². The van der Waals surface area contributed by atoms with Gasteiger partial charge in [-0.05, 0) is 49.7 Å².